The fourth-order valence-electron chi connectivity index (χ4n) is 4.03. The maximum Gasteiger partial charge on any atom is 0.339 e. The van der Waals surface area contributed by atoms with Crippen LogP contribution in [0.4, 0.5) is 0 Å². The minimum Gasteiger partial charge on any atom is -0.497 e. The molecule has 2 aromatic carbocycles. The minimum atomic E-state index is -0.786. The molecule has 1 amide bonds. The Morgan fingerprint density at radius 3 is 2.41 bits per heavy atom. The van der Waals surface area contributed by atoms with Gasteiger partial charge < -0.3 is 14.4 Å². The van der Waals surface area contributed by atoms with E-state index in [4.69, 9.17) is 9.47 Å². The molecular weight excluding hydrogens is 370 g/mol. The number of piperidine rings is 1. The molecule has 1 atom stereocenters. The standard InChI is InChI=1S/C23H23NO5/c1-28-18-8-6-15(7-9-18)21(25)16-10-12-24(13-11-16)22(26)20-14-17-4-2-3-5-19(17)23(27)29-20/h2-9,16,20H,10-14H2,1H3/t20-/m0/s1. The van der Waals surface area contributed by atoms with Crippen LogP contribution in [0.25, 0.3) is 0 Å². The van der Waals surface area contributed by atoms with E-state index < -0.39 is 12.1 Å². The Morgan fingerprint density at radius 2 is 1.72 bits per heavy atom. The molecule has 0 N–H and O–H groups in total. The zero-order valence-electron chi connectivity index (χ0n) is 16.3. The van der Waals surface area contributed by atoms with Gasteiger partial charge in [0.05, 0.1) is 12.7 Å². The number of amides is 1. The summed E-state index contributed by atoms with van der Waals surface area (Å²) in [5, 5.41) is 0. The molecule has 0 saturated carbocycles. The predicted molar refractivity (Wildman–Crippen MR) is 106 cm³/mol. The molecule has 2 aromatic rings. The van der Waals surface area contributed by atoms with Crippen molar-refractivity contribution in [1.82, 2.24) is 4.90 Å². The molecule has 2 heterocycles. The Kier molecular flexibility index (Phi) is 5.34. The van der Waals surface area contributed by atoms with Crippen molar-refractivity contribution in [2.24, 2.45) is 5.92 Å². The number of methoxy groups -OCH3 is 1. The van der Waals surface area contributed by atoms with E-state index in [2.05, 4.69) is 0 Å². The summed E-state index contributed by atoms with van der Waals surface area (Å²) in [5.41, 5.74) is 2.03. The molecule has 6 nitrogen and oxygen atoms in total. The Bertz CT molecular complexity index is 929. The summed E-state index contributed by atoms with van der Waals surface area (Å²) in [5.74, 6) is 0.0726. The van der Waals surface area contributed by atoms with Crippen LogP contribution in [0.3, 0.4) is 0 Å². The van der Waals surface area contributed by atoms with Crippen LogP contribution >= 0.6 is 0 Å². The zero-order chi connectivity index (χ0) is 20.4. The lowest BCUT2D eigenvalue weighted by molar-refractivity contribution is -0.142. The summed E-state index contributed by atoms with van der Waals surface area (Å²) in [6.45, 7) is 0.974. The van der Waals surface area contributed by atoms with Crippen molar-refractivity contribution in [3.05, 3.63) is 65.2 Å². The Morgan fingerprint density at radius 1 is 1.03 bits per heavy atom. The molecule has 0 radical (unpaired) electrons. The molecule has 1 fully saturated rings. The van der Waals surface area contributed by atoms with Gasteiger partial charge in [-0.15, -0.1) is 0 Å². The third kappa shape index (κ3) is 3.88. The molecule has 0 bridgehead atoms. The smallest absolute Gasteiger partial charge is 0.339 e. The second-order valence-electron chi connectivity index (χ2n) is 7.45. The van der Waals surface area contributed by atoms with E-state index in [0.717, 1.165) is 5.56 Å². The first-order valence-electron chi connectivity index (χ1n) is 9.82. The average Bonchev–Trinajstić information content (AvgIpc) is 2.78. The minimum absolute atomic E-state index is 0.0952. The third-order valence-corrected chi connectivity index (χ3v) is 5.72. The highest BCUT2D eigenvalue weighted by atomic mass is 16.5. The van der Waals surface area contributed by atoms with Crippen LogP contribution in [0, 0.1) is 5.92 Å². The maximum atomic E-state index is 12.9. The van der Waals surface area contributed by atoms with E-state index in [-0.39, 0.29) is 17.6 Å². The normalized spacial score (nSPS) is 19.3. The predicted octanol–water partition coefficient (Wildman–Crippen LogP) is 2.90. The topological polar surface area (TPSA) is 72.9 Å². The summed E-state index contributed by atoms with van der Waals surface area (Å²) < 4.78 is 10.5. The Labute approximate surface area is 169 Å². The number of fused-ring (bicyclic) bond motifs is 1. The van der Waals surface area contributed by atoms with Gasteiger partial charge in [0, 0.05) is 31.0 Å². The number of rotatable bonds is 4. The fourth-order valence-corrected chi connectivity index (χ4v) is 4.03. The van der Waals surface area contributed by atoms with Crippen molar-refractivity contribution in [3.8, 4) is 5.75 Å². The number of nitrogens with zero attached hydrogens (tertiary/aromatic N) is 1. The molecule has 0 aliphatic carbocycles. The van der Waals surface area contributed by atoms with E-state index in [9.17, 15) is 14.4 Å². The van der Waals surface area contributed by atoms with Crippen molar-refractivity contribution in [2.45, 2.75) is 25.4 Å². The van der Waals surface area contributed by atoms with Gasteiger partial charge in [-0.1, -0.05) is 18.2 Å². The van der Waals surface area contributed by atoms with Gasteiger partial charge in [0.1, 0.15) is 5.75 Å². The van der Waals surface area contributed by atoms with Crippen LogP contribution in [-0.2, 0) is 16.0 Å². The molecule has 0 aromatic heterocycles. The van der Waals surface area contributed by atoms with Crippen molar-refractivity contribution >= 4 is 17.7 Å². The number of Topliss-reactive ketones (excluding diaryl/α,β-unsaturated/α-hetero) is 1. The highest BCUT2D eigenvalue weighted by Gasteiger charge is 2.36. The van der Waals surface area contributed by atoms with Gasteiger partial charge >= 0.3 is 5.97 Å². The van der Waals surface area contributed by atoms with Crippen molar-refractivity contribution < 1.29 is 23.9 Å². The van der Waals surface area contributed by atoms with E-state index in [0.29, 0.717) is 49.2 Å². The third-order valence-electron chi connectivity index (χ3n) is 5.72. The van der Waals surface area contributed by atoms with Gasteiger partial charge in [-0.05, 0) is 48.7 Å². The molecule has 0 unspecified atom stereocenters. The lowest BCUT2D eigenvalue weighted by Crippen LogP contribution is -2.48. The fraction of sp³-hybridized carbons (Fsp3) is 0.348. The van der Waals surface area contributed by atoms with Crippen molar-refractivity contribution in [1.29, 1.82) is 0 Å². The van der Waals surface area contributed by atoms with Crippen LogP contribution in [0.15, 0.2) is 48.5 Å². The monoisotopic (exact) mass is 393 g/mol. The summed E-state index contributed by atoms with van der Waals surface area (Å²) in [4.78, 5) is 39.5. The van der Waals surface area contributed by atoms with Crippen LogP contribution in [-0.4, -0.2) is 48.9 Å². The molecule has 4 rings (SSSR count). The first kappa shape index (κ1) is 19.2. The molecule has 1 saturated heterocycles. The molecule has 0 spiro atoms. The summed E-state index contributed by atoms with van der Waals surface area (Å²) in [6, 6.07) is 14.3. The lowest BCUT2D eigenvalue weighted by Gasteiger charge is -2.34. The first-order chi connectivity index (χ1) is 14.1. The van der Waals surface area contributed by atoms with Gasteiger partial charge in [0.2, 0.25) is 0 Å². The molecule has 6 heteroatoms. The number of carbonyl (C=O) groups excluding carboxylic acids is 3. The van der Waals surface area contributed by atoms with Gasteiger partial charge in [-0.2, -0.15) is 0 Å². The number of ether oxygens (including phenoxy) is 2. The first-order valence-corrected chi connectivity index (χ1v) is 9.82. The summed E-state index contributed by atoms with van der Waals surface area (Å²) in [7, 11) is 1.59. The highest BCUT2D eigenvalue weighted by molar-refractivity contribution is 5.98. The quantitative estimate of drug-likeness (QED) is 0.590. The Hall–Kier alpha value is -3.15. The average molecular weight is 393 g/mol. The van der Waals surface area contributed by atoms with E-state index in [1.807, 2.05) is 12.1 Å². The number of likely N-dealkylation sites (tertiary alicyclic amines) is 1. The molecule has 29 heavy (non-hydrogen) atoms. The number of benzene rings is 2. The molecule has 150 valence electrons. The second kappa shape index (κ2) is 8.07. The van der Waals surface area contributed by atoms with Crippen LogP contribution in [0.1, 0.15) is 39.1 Å². The number of esters is 1. The van der Waals surface area contributed by atoms with Gasteiger partial charge in [0.25, 0.3) is 5.91 Å². The molecule has 2 aliphatic heterocycles. The summed E-state index contributed by atoms with van der Waals surface area (Å²) >= 11 is 0. The SMILES string of the molecule is COc1ccc(C(=O)C2CCN(C(=O)[C@@H]3Cc4ccccc4C(=O)O3)CC2)cc1. The largest absolute Gasteiger partial charge is 0.497 e. The number of carbonyl (C=O) groups is 3. The van der Waals surface area contributed by atoms with E-state index >= 15 is 0 Å². The van der Waals surface area contributed by atoms with Gasteiger partial charge in [-0.3, -0.25) is 9.59 Å². The van der Waals surface area contributed by atoms with Crippen LogP contribution in [0.2, 0.25) is 0 Å². The lowest BCUT2D eigenvalue weighted by atomic mass is 9.88. The molecular formula is C23H23NO5. The summed E-state index contributed by atoms with van der Waals surface area (Å²) in [6.07, 6.45) is 0.818. The van der Waals surface area contributed by atoms with Gasteiger partial charge in [-0.25, -0.2) is 4.79 Å². The van der Waals surface area contributed by atoms with Crippen LogP contribution < -0.4 is 4.74 Å². The van der Waals surface area contributed by atoms with E-state index in [1.54, 1.807) is 48.4 Å². The Balaban J connectivity index is 1.36. The number of cyclic esters (lactones) is 1. The highest BCUT2D eigenvalue weighted by Crippen LogP contribution is 2.26. The van der Waals surface area contributed by atoms with Gasteiger partial charge in [0.15, 0.2) is 11.9 Å². The maximum absolute atomic E-state index is 12.9. The van der Waals surface area contributed by atoms with Crippen molar-refractivity contribution in [3.63, 3.8) is 0 Å². The zero-order valence-corrected chi connectivity index (χ0v) is 16.3. The number of hydrogen-bond acceptors (Lipinski definition) is 5. The number of ketones is 1. The van der Waals surface area contributed by atoms with Crippen molar-refractivity contribution in [2.75, 3.05) is 20.2 Å². The number of hydrogen-bond donors (Lipinski definition) is 0. The van der Waals surface area contributed by atoms with E-state index in [1.165, 1.54) is 0 Å². The molecule has 2 aliphatic rings. The second-order valence-corrected chi connectivity index (χ2v) is 7.45. The van der Waals surface area contributed by atoms with Crippen LogP contribution in [0.5, 0.6) is 5.75 Å².